The molecule has 0 fully saturated rings. The van der Waals surface area contributed by atoms with Crippen LogP contribution in [0.5, 0.6) is 0 Å². The SMILES string of the molecule is [CH2]Cc1cc(CCCCCCCCCCC)nc(CCCCCCCCCCC)c1. The molecule has 173 valence electrons. The van der Waals surface area contributed by atoms with Gasteiger partial charge in [-0.25, -0.2) is 0 Å². The molecule has 1 radical (unpaired) electrons. The molecule has 0 spiro atoms. The molecule has 0 aromatic carbocycles. The topological polar surface area (TPSA) is 12.9 Å². The number of nitrogens with zero attached hydrogens (tertiary/aromatic N) is 1. The third-order valence-electron chi connectivity index (χ3n) is 6.35. The Morgan fingerprint density at radius 2 is 0.867 bits per heavy atom. The average molecular weight is 415 g/mol. The molecule has 30 heavy (non-hydrogen) atoms. The van der Waals surface area contributed by atoms with Crippen molar-refractivity contribution in [3.8, 4) is 0 Å². The van der Waals surface area contributed by atoms with Gasteiger partial charge in [-0.1, -0.05) is 117 Å². The zero-order chi connectivity index (χ0) is 21.7. The van der Waals surface area contributed by atoms with Crippen LogP contribution in [0.15, 0.2) is 12.1 Å². The van der Waals surface area contributed by atoms with Crippen LogP contribution in [0.2, 0.25) is 0 Å². The molecule has 1 nitrogen and oxygen atoms in total. The largest absolute Gasteiger partial charge is 0.258 e. The number of pyridine rings is 1. The minimum atomic E-state index is 0.887. The summed E-state index contributed by atoms with van der Waals surface area (Å²) in [6, 6.07) is 4.61. The predicted molar refractivity (Wildman–Crippen MR) is 135 cm³/mol. The van der Waals surface area contributed by atoms with Gasteiger partial charge in [-0.15, -0.1) is 0 Å². The van der Waals surface area contributed by atoms with E-state index >= 15 is 0 Å². The lowest BCUT2D eigenvalue weighted by molar-refractivity contribution is 0.560. The first-order chi connectivity index (χ1) is 14.8. The van der Waals surface area contributed by atoms with Crippen LogP contribution in [0.1, 0.15) is 146 Å². The van der Waals surface area contributed by atoms with Crippen molar-refractivity contribution < 1.29 is 0 Å². The molecule has 0 N–H and O–H groups in total. The maximum absolute atomic E-state index is 4.99. The molecule has 1 rings (SSSR count). The molecule has 0 saturated carbocycles. The monoisotopic (exact) mass is 414 g/mol. The summed E-state index contributed by atoms with van der Waals surface area (Å²) in [5, 5.41) is 0. The van der Waals surface area contributed by atoms with E-state index in [1.807, 2.05) is 0 Å². The van der Waals surface area contributed by atoms with Crippen molar-refractivity contribution >= 4 is 0 Å². The molecule has 0 aliphatic rings. The summed E-state index contributed by atoms with van der Waals surface area (Å²) in [4.78, 5) is 4.99. The zero-order valence-corrected chi connectivity index (χ0v) is 20.7. The van der Waals surface area contributed by atoms with Gasteiger partial charge in [0.1, 0.15) is 0 Å². The number of aryl methyl sites for hydroxylation is 2. The Morgan fingerprint density at radius 1 is 0.533 bits per heavy atom. The maximum atomic E-state index is 4.99. The molecule has 0 atom stereocenters. The fourth-order valence-corrected chi connectivity index (χ4v) is 4.35. The van der Waals surface area contributed by atoms with Crippen LogP contribution in [0, 0.1) is 6.92 Å². The standard InChI is InChI=1S/C29H52N/c1-4-7-9-11-13-15-17-19-21-23-28-25-27(6-3)26-29(30-28)24-22-20-18-16-14-12-10-8-5-2/h25-26H,3-24H2,1-2H3. The molecule has 0 unspecified atom stereocenters. The third kappa shape index (κ3) is 15.0. The maximum Gasteiger partial charge on any atom is 0.0409 e. The van der Waals surface area contributed by atoms with Crippen LogP contribution >= 0.6 is 0 Å². The molecule has 1 heteroatoms. The predicted octanol–water partition coefficient (Wildman–Crippen LogP) is 9.60. The Balaban J connectivity index is 2.17. The first kappa shape index (κ1) is 27.2. The first-order valence-electron chi connectivity index (χ1n) is 13.6. The van der Waals surface area contributed by atoms with E-state index < -0.39 is 0 Å². The van der Waals surface area contributed by atoms with Gasteiger partial charge in [0, 0.05) is 11.4 Å². The Bertz CT molecular complexity index is 453. The van der Waals surface area contributed by atoms with Crippen molar-refractivity contribution in [2.75, 3.05) is 0 Å². The molecule has 1 aromatic rings. The summed E-state index contributed by atoms with van der Waals surface area (Å²) in [7, 11) is 0. The van der Waals surface area contributed by atoms with Gasteiger partial charge in [0.05, 0.1) is 0 Å². The molecular formula is C29H52N. The lowest BCUT2D eigenvalue weighted by Crippen LogP contribution is -2.00. The van der Waals surface area contributed by atoms with Crippen molar-refractivity contribution in [1.82, 2.24) is 4.98 Å². The van der Waals surface area contributed by atoms with Crippen molar-refractivity contribution in [2.24, 2.45) is 0 Å². The fourth-order valence-electron chi connectivity index (χ4n) is 4.35. The third-order valence-corrected chi connectivity index (χ3v) is 6.35. The van der Waals surface area contributed by atoms with Crippen molar-refractivity contribution in [2.45, 2.75) is 149 Å². The Hall–Kier alpha value is -0.850. The second-order valence-corrected chi connectivity index (χ2v) is 9.36. The smallest absolute Gasteiger partial charge is 0.0409 e. The molecular weight excluding hydrogens is 362 g/mol. The average Bonchev–Trinajstić information content (AvgIpc) is 2.76. The molecule has 0 aliphatic carbocycles. The van der Waals surface area contributed by atoms with Crippen LogP contribution in [0.25, 0.3) is 0 Å². The summed E-state index contributed by atoms with van der Waals surface area (Å²) in [5.41, 5.74) is 4.00. The zero-order valence-electron chi connectivity index (χ0n) is 20.7. The number of rotatable bonds is 21. The number of hydrogen-bond acceptors (Lipinski definition) is 1. The number of unbranched alkanes of at least 4 members (excludes halogenated alkanes) is 16. The molecule has 0 aliphatic heterocycles. The van der Waals surface area contributed by atoms with Gasteiger partial charge in [-0.2, -0.15) is 0 Å². The van der Waals surface area contributed by atoms with Crippen LogP contribution in [0.4, 0.5) is 0 Å². The van der Waals surface area contributed by atoms with Crippen molar-refractivity contribution in [3.05, 3.63) is 36.0 Å². The van der Waals surface area contributed by atoms with Gasteiger partial charge in [0.15, 0.2) is 0 Å². The van der Waals surface area contributed by atoms with Gasteiger partial charge in [0.25, 0.3) is 0 Å². The molecule has 1 aromatic heterocycles. The van der Waals surface area contributed by atoms with E-state index in [4.69, 9.17) is 4.98 Å². The van der Waals surface area contributed by atoms with E-state index in [1.165, 1.54) is 133 Å². The van der Waals surface area contributed by atoms with Crippen molar-refractivity contribution in [3.63, 3.8) is 0 Å². The lowest BCUT2D eigenvalue weighted by Gasteiger charge is -2.09. The van der Waals surface area contributed by atoms with Gasteiger partial charge >= 0.3 is 0 Å². The van der Waals surface area contributed by atoms with E-state index in [0.717, 1.165) is 19.3 Å². The highest BCUT2D eigenvalue weighted by Gasteiger charge is 2.03. The molecule has 0 saturated heterocycles. The highest BCUT2D eigenvalue weighted by Crippen LogP contribution is 2.16. The Morgan fingerprint density at radius 3 is 1.20 bits per heavy atom. The highest BCUT2D eigenvalue weighted by atomic mass is 14.7. The molecule has 0 bridgehead atoms. The fraction of sp³-hybridized carbons (Fsp3) is 0.793. The van der Waals surface area contributed by atoms with E-state index in [-0.39, 0.29) is 0 Å². The van der Waals surface area contributed by atoms with E-state index in [1.54, 1.807) is 0 Å². The van der Waals surface area contributed by atoms with Gasteiger partial charge in [-0.3, -0.25) is 4.98 Å². The normalized spacial score (nSPS) is 11.3. The van der Waals surface area contributed by atoms with E-state index in [9.17, 15) is 0 Å². The van der Waals surface area contributed by atoms with E-state index in [2.05, 4.69) is 32.9 Å². The Labute approximate surface area is 189 Å². The van der Waals surface area contributed by atoms with Gasteiger partial charge in [0.2, 0.25) is 0 Å². The quantitative estimate of drug-likeness (QED) is 0.182. The van der Waals surface area contributed by atoms with E-state index in [0.29, 0.717) is 0 Å². The number of hydrogen-bond donors (Lipinski definition) is 0. The van der Waals surface area contributed by atoms with Crippen LogP contribution in [0.3, 0.4) is 0 Å². The van der Waals surface area contributed by atoms with Crippen LogP contribution in [-0.4, -0.2) is 4.98 Å². The number of aromatic nitrogens is 1. The highest BCUT2D eigenvalue weighted by molar-refractivity contribution is 5.22. The van der Waals surface area contributed by atoms with Crippen LogP contribution < -0.4 is 0 Å². The summed E-state index contributed by atoms with van der Waals surface area (Å²) in [6.45, 7) is 8.70. The Kier molecular flexibility index (Phi) is 18.2. The van der Waals surface area contributed by atoms with Gasteiger partial charge < -0.3 is 0 Å². The second-order valence-electron chi connectivity index (χ2n) is 9.36. The molecule has 1 heterocycles. The summed E-state index contributed by atoms with van der Waals surface area (Å²) >= 11 is 0. The van der Waals surface area contributed by atoms with Gasteiger partial charge in [-0.05, 0) is 56.7 Å². The van der Waals surface area contributed by atoms with Crippen molar-refractivity contribution in [1.29, 1.82) is 0 Å². The summed E-state index contributed by atoms with van der Waals surface area (Å²) < 4.78 is 0. The second kappa shape index (κ2) is 20.1. The summed E-state index contributed by atoms with van der Waals surface area (Å²) in [6.07, 6.45) is 28.2. The minimum Gasteiger partial charge on any atom is -0.258 e. The lowest BCUT2D eigenvalue weighted by atomic mass is 10.0. The molecule has 0 amide bonds. The van der Waals surface area contributed by atoms with Crippen LogP contribution in [-0.2, 0) is 19.3 Å². The minimum absolute atomic E-state index is 0.887. The summed E-state index contributed by atoms with van der Waals surface area (Å²) in [5.74, 6) is 0. The first-order valence-corrected chi connectivity index (χ1v) is 13.6.